The first-order valence-corrected chi connectivity index (χ1v) is 11.7. The van der Waals surface area contributed by atoms with E-state index in [4.69, 9.17) is 9.47 Å². The number of hydrogen-bond donors (Lipinski definition) is 3. The number of fused-ring (bicyclic) bond motifs is 1. The van der Waals surface area contributed by atoms with Crippen molar-refractivity contribution in [2.45, 2.75) is 89.1 Å². The van der Waals surface area contributed by atoms with Crippen LogP contribution in [0.5, 0.6) is 11.5 Å². The largest absolute Gasteiger partial charge is 0.454 e. The molecule has 0 aromatic heterocycles. The van der Waals surface area contributed by atoms with E-state index >= 15 is 0 Å². The van der Waals surface area contributed by atoms with Gasteiger partial charge < -0.3 is 25.2 Å². The van der Waals surface area contributed by atoms with E-state index in [2.05, 4.69) is 10.6 Å². The van der Waals surface area contributed by atoms with Crippen molar-refractivity contribution in [1.82, 2.24) is 10.6 Å². The number of aliphatic hydroxyl groups is 1. The van der Waals surface area contributed by atoms with Gasteiger partial charge in [-0.1, -0.05) is 63.9 Å². The van der Waals surface area contributed by atoms with Crippen LogP contribution >= 0.6 is 0 Å². The zero-order valence-electron chi connectivity index (χ0n) is 18.4. The van der Waals surface area contributed by atoms with Gasteiger partial charge in [0.1, 0.15) is 6.04 Å². The molecule has 1 unspecified atom stereocenters. The first kappa shape index (κ1) is 23.4. The fourth-order valence-corrected chi connectivity index (χ4v) is 4.29. The molecule has 0 spiro atoms. The topological polar surface area (TPSA) is 96.9 Å². The van der Waals surface area contributed by atoms with Crippen LogP contribution in [-0.4, -0.2) is 42.4 Å². The monoisotopic (exact) mass is 432 g/mol. The van der Waals surface area contributed by atoms with Gasteiger partial charge in [0.05, 0.1) is 13.0 Å². The molecule has 7 nitrogen and oxygen atoms in total. The van der Waals surface area contributed by atoms with E-state index in [-0.39, 0.29) is 31.1 Å². The Morgan fingerprint density at radius 3 is 2.19 bits per heavy atom. The Balaban J connectivity index is 1.48. The van der Waals surface area contributed by atoms with Crippen molar-refractivity contribution in [3.05, 3.63) is 23.8 Å². The first-order chi connectivity index (χ1) is 15.2. The molecule has 1 fully saturated rings. The van der Waals surface area contributed by atoms with Gasteiger partial charge in [-0.15, -0.1) is 0 Å². The summed E-state index contributed by atoms with van der Waals surface area (Å²) in [5.74, 6) is 0.656. The molecule has 3 rings (SSSR count). The molecule has 7 heteroatoms. The van der Waals surface area contributed by atoms with E-state index in [1.807, 2.05) is 0 Å². The zero-order valence-corrected chi connectivity index (χ0v) is 18.4. The molecule has 2 aliphatic rings. The zero-order chi connectivity index (χ0) is 21.9. The van der Waals surface area contributed by atoms with Crippen molar-refractivity contribution in [3.8, 4) is 11.5 Å². The van der Waals surface area contributed by atoms with Crippen LogP contribution in [0, 0.1) is 0 Å². The lowest BCUT2D eigenvalue weighted by atomic mass is 9.97. The number of benzene rings is 1. The molecule has 0 saturated heterocycles. The van der Waals surface area contributed by atoms with Gasteiger partial charge >= 0.3 is 0 Å². The van der Waals surface area contributed by atoms with Crippen molar-refractivity contribution in [3.63, 3.8) is 0 Å². The summed E-state index contributed by atoms with van der Waals surface area (Å²) in [5, 5.41) is 15.4. The van der Waals surface area contributed by atoms with Gasteiger partial charge in [0.15, 0.2) is 11.5 Å². The number of ether oxygens (including phenoxy) is 2. The van der Waals surface area contributed by atoms with Crippen molar-refractivity contribution in [2.24, 2.45) is 0 Å². The minimum atomic E-state index is -0.942. The van der Waals surface area contributed by atoms with E-state index < -0.39 is 12.6 Å². The van der Waals surface area contributed by atoms with Crippen LogP contribution in [-0.2, 0) is 16.0 Å². The minimum Gasteiger partial charge on any atom is -0.454 e. The molecule has 1 aromatic carbocycles. The fraction of sp³-hybridized carbons (Fsp3) is 0.667. The third-order valence-corrected chi connectivity index (χ3v) is 6.09. The van der Waals surface area contributed by atoms with Crippen molar-refractivity contribution < 1.29 is 24.2 Å². The molecular weight excluding hydrogens is 396 g/mol. The minimum absolute atomic E-state index is 0.101. The molecular formula is C24H36N2O5. The Hall–Kier alpha value is -2.28. The van der Waals surface area contributed by atoms with Gasteiger partial charge in [-0.05, 0) is 30.5 Å². The predicted octanol–water partition coefficient (Wildman–Crippen LogP) is 3.22. The second-order valence-corrected chi connectivity index (χ2v) is 8.63. The van der Waals surface area contributed by atoms with Crippen LogP contribution in [0.1, 0.15) is 76.2 Å². The van der Waals surface area contributed by atoms with Crippen LogP contribution in [0.15, 0.2) is 18.2 Å². The highest BCUT2D eigenvalue weighted by molar-refractivity contribution is 5.88. The van der Waals surface area contributed by atoms with E-state index in [0.717, 1.165) is 31.2 Å². The molecule has 2 amide bonds. The summed E-state index contributed by atoms with van der Waals surface area (Å²) < 4.78 is 10.6. The molecule has 3 N–H and O–H groups in total. The second kappa shape index (κ2) is 12.5. The maximum Gasteiger partial charge on any atom is 0.245 e. The SMILES string of the molecule is O=C(Cc1ccc2c(c1)OCO2)NC(CO)C(=O)NC1CCCCCCCCCCC1. The van der Waals surface area contributed by atoms with Crippen molar-refractivity contribution >= 4 is 11.8 Å². The van der Waals surface area contributed by atoms with Crippen LogP contribution < -0.4 is 20.1 Å². The maximum absolute atomic E-state index is 12.7. The van der Waals surface area contributed by atoms with Gasteiger partial charge in [0, 0.05) is 6.04 Å². The standard InChI is InChI=1S/C24H36N2O5/c27-16-20(26-23(28)15-18-12-13-21-22(14-18)31-17-30-21)24(29)25-19-10-8-6-4-2-1-3-5-7-9-11-19/h12-14,19-20,27H,1-11,15-17H2,(H,25,29)(H,26,28). The fourth-order valence-electron chi connectivity index (χ4n) is 4.29. The van der Waals surface area contributed by atoms with Gasteiger partial charge in [0.2, 0.25) is 18.6 Å². The first-order valence-electron chi connectivity index (χ1n) is 11.7. The summed E-state index contributed by atoms with van der Waals surface area (Å²) in [5.41, 5.74) is 0.762. The molecule has 1 aromatic rings. The summed E-state index contributed by atoms with van der Waals surface area (Å²) >= 11 is 0. The quantitative estimate of drug-likeness (QED) is 0.641. The van der Waals surface area contributed by atoms with Gasteiger partial charge in [0.25, 0.3) is 0 Å². The highest BCUT2D eigenvalue weighted by Gasteiger charge is 2.23. The molecule has 0 radical (unpaired) electrons. The maximum atomic E-state index is 12.7. The highest BCUT2D eigenvalue weighted by atomic mass is 16.7. The number of nitrogens with one attached hydrogen (secondary N) is 2. The number of amides is 2. The number of rotatable bonds is 6. The van der Waals surface area contributed by atoms with Crippen LogP contribution in [0.3, 0.4) is 0 Å². The molecule has 172 valence electrons. The van der Waals surface area contributed by atoms with Gasteiger partial charge in [-0.25, -0.2) is 0 Å². The third-order valence-electron chi connectivity index (χ3n) is 6.09. The second-order valence-electron chi connectivity index (χ2n) is 8.63. The molecule has 1 saturated carbocycles. The Morgan fingerprint density at radius 1 is 0.935 bits per heavy atom. The van der Waals surface area contributed by atoms with E-state index in [1.165, 1.54) is 44.9 Å². The smallest absolute Gasteiger partial charge is 0.245 e. The Kier molecular flexibility index (Phi) is 9.46. The normalized spacial score (nSPS) is 19.0. The number of carbonyl (C=O) groups excluding carboxylic acids is 2. The summed E-state index contributed by atoms with van der Waals surface area (Å²) in [6.45, 7) is -0.246. The third kappa shape index (κ3) is 7.73. The molecule has 31 heavy (non-hydrogen) atoms. The van der Waals surface area contributed by atoms with E-state index in [9.17, 15) is 14.7 Å². The lowest BCUT2D eigenvalue weighted by Gasteiger charge is -2.23. The average molecular weight is 433 g/mol. The molecule has 1 atom stereocenters. The van der Waals surface area contributed by atoms with Crippen molar-refractivity contribution in [2.75, 3.05) is 13.4 Å². The summed E-state index contributed by atoms with van der Waals surface area (Å²) in [7, 11) is 0. The molecule has 1 heterocycles. The highest BCUT2D eigenvalue weighted by Crippen LogP contribution is 2.32. The predicted molar refractivity (Wildman–Crippen MR) is 118 cm³/mol. The Bertz CT molecular complexity index is 712. The summed E-state index contributed by atoms with van der Waals surface area (Å²) in [4.78, 5) is 25.2. The lowest BCUT2D eigenvalue weighted by molar-refractivity contribution is -0.130. The van der Waals surface area contributed by atoms with Crippen LogP contribution in [0.2, 0.25) is 0 Å². The average Bonchev–Trinajstić information content (AvgIpc) is 3.21. The van der Waals surface area contributed by atoms with Gasteiger partial charge in [-0.3, -0.25) is 9.59 Å². The molecule has 0 bridgehead atoms. The van der Waals surface area contributed by atoms with Gasteiger partial charge in [-0.2, -0.15) is 0 Å². The van der Waals surface area contributed by atoms with Crippen LogP contribution in [0.25, 0.3) is 0 Å². The lowest BCUT2D eigenvalue weighted by Crippen LogP contribution is -2.51. The Morgan fingerprint density at radius 2 is 1.55 bits per heavy atom. The van der Waals surface area contributed by atoms with Crippen molar-refractivity contribution in [1.29, 1.82) is 0 Å². The summed E-state index contributed by atoms with van der Waals surface area (Å²) in [6, 6.07) is 4.49. The number of hydrogen-bond acceptors (Lipinski definition) is 5. The van der Waals surface area contributed by atoms with Crippen LogP contribution in [0.4, 0.5) is 0 Å². The number of aliphatic hydroxyl groups excluding tert-OH is 1. The van der Waals surface area contributed by atoms with E-state index in [1.54, 1.807) is 18.2 Å². The summed E-state index contributed by atoms with van der Waals surface area (Å²) in [6.07, 6.45) is 13.1. The molecule has 1 aliphatic carbocycles. The van der Waals surface area contributed by atoms with E-state index in [0.29, 0.717) is 11.5 Å². The Labute approximate surface area is 184 Å². The number of carbonyl (C=O) groups is 2. The molecule has 1 aliphatic heterocycles.